The number of carbonyl (C=O) groups excluding carboxylic acids is 1. The zero-order valence-corrected chi connectivity index (χ0v) is 19.6. The molecule has 0 amide bonds. The van der Waals surface area contributed by atoms with Crippen molar-refractivity contribution < 1.29 is 14.0 Å². The van der Waals surface area contributed by atoms with Crippen molar-refractivity contribution in [1.82, 2.24) is 0 Å². The average Bonchev–Trinajstić information content (AvgIpc) is 2.63. The molecule has 0 aliphatic heterocycles. The Bertz CT molecular complexity index is 584. The van der Waals surface area contributed by atoms with Crippen molar-refractivity contribution in [3.05, 3.63) is 33.8 Å². The van der Waals surface area contributed by atoms with Crippen LogP contribution in [0.1, 0.15) is 76.7 Å². The van der Waals surface area contributed by atoms with Gasteiger partial charge in [0.2, 0.25) is 0 Å². The quantitative estimate of drug-likeness (QED) is 0.180. The number of halogens is 2. The van der Waals surface area contributed by atoms with E-state index in [-0.39, 0.29) is 18.6 Å². The molecule has 1 rings (SSSR count). The first-order valence-corrected chi connectivity index (χ1v) is 11.4. The third-order valence-corrected chi connectivity index (χ3v) is 5.89. The normalized spacial score (nSPS) is 12.8. The molecule has 160 valence electrons. The monoisotopic (exact) mass is 430 g/mol. The summed E-state index contributed by atoms with van der Waals surface area (Å²) in [6, 6.07) is 5.17. The predicted octanol–water partition coefficient (Wildman–Crippen LogP) is 7.03. The largest absolute Gasteiger partial charge is 0.456 e. The maximum atomic E-state index is 12.7. The summed E-state index contributed by atoms with van der Waals surface area (Å²) in [4.78, 5) is 12.7. The molecule has 0 spiro atoms. The number of esters is 1. The number of nitrogens with zero attached hydrogens (tertiary/aromatic N) is 1. The maximum absolute atomic E-state index is 12.7. The first-order chi connectivity index (χ1) is 13.3. The Labute approximate surface area is 181 Å². The highest BCUT2D eigenvalue weighted by atomic mass is 35.5. The van der Waals surface area contributed by atoms with Gasteiger partial charge in [0.1, 0.15) is 6.61 Å². The molecular weight excluding hydrogens is 393 g/mol. The Kier molecular flexibility index (Phi) is 12.1. The van der Waals surface area contributed by atoms with Crippen LogP contribution in [0.2, 0.25) is 10.0 Å². The van der Waals surface area contributed by atoms with Crippen molar-refractivity contribution in [1.29, 1.82) is 0 Å². The van der Waals surface area contributed by atoms with E-state index in [1.807, 2.05) is 6.07 Å². The Hall–Kier alpha value is -0.770. The molecule has 28 heavy (non-hydrogen) atoms. The Morgan fingerprint density at radius 3 is 2.04 bits per heavy atom. The molecule has 0 saturated carbocycles. The fourth-order valence-electron chi connectivity index (χ4n) is 3.35. The summed E-state index contributed by atoms with van der Waals surface area (Å²) in [5, 5.41) is 0.986. The van der Waals surface area contributed by atoms with Crippen LogP contribution in [0.4, 0.5) is 0 Å². The van der Waals surface area contributed by atoms with Crippen molar-refractivity contribution in [2.24, 2.45) is 0 Å². The van der Waals surface area contributed by atoms with E-state index in [9.17, 15) is 4.79 Å². The van der Waals surface area contributed by atoms with E-state index in [2.05, 4.69) is 28.1 Å². The SMILES string of the molecule is CCCCCCCCCCC[C@@H](C(=O)OCc1ccc(Cl)c(Cl)c1)[N+](C)(C)C. The number of unbranched alkanes of at least 4 members (excludes halogenated alkanes) is 8. The lowest BCUT2D eigenvalue weighted by molar-refractivity contribution is -0.887. The Balaban J connectivity index is 2.37. The molecule has 1 aromatic rings. The molecule has 0 unspecified atom stereocenters. The number of rotatable bonds is 14. The van der Waals surface area contributed by atoms with Crippen LogP contribution in [0.3, 0.4) is 0 Å². The van der Waals surface area contributed by atoms with Crippen LogP contribution in [0.5, 0.6) is 0 Å². The van der Waals surface area contributed by atoms with Crippen LogP contribution in [-0.4, -0.2) is 37.6 Å². The standard InChI is InChI=1S/C23H38Cl2NO2/c1-5-6-7-8-9-10-11-12-13-14-22(26(2,3)4)23(27)28-18-19-15-16-20(24)21(25)17-19/h15-17,22H,5-14,18H2,1-4H3/q+1/t22-/m0/s1. The predicted molar refractivity (Wildman–Crippen MR) is 120 cm³/mol. The minimum absolute atomic E-state index is 0.141. The molecule has 5 heteroatoms. The molecule has 3 nitrogen and oxygen atoms in total. The topological polar surface area (TPSA) is 26.3 Å². The Morgan fingerprint density at radius 1 is 0.929 bits per heavy atom. The number of benzene rings is 1. The first kappa shape index (κ1) is 25.3. The van der Waals surface area contributed by atoms with Gasteiger partial charge in [0.25, 0.3) is 0 Å². The molecule has 0 N–H and O–H groups in total. The lowest BCUT2D eigenvalue weighted by Gasteiger charge is -2.32. The minimum Gasteiger partial charge on any atom is -0.456 e. The van der Waals surface area contributed by atoms with Gasteiger partial charge in [0.05, 0.1) is 31.2 Å². The van der Waals surface area contributed by atoms with E-state index in [0.29, 0.717) is 14.5 Å². The molecule has 0 aliphatic carbocycles. The van der Waals surface area contributed by atoms with Gasteiger partial charge < -0.3 is 9.22 Å². The number of hydrogen-bond donors (Lipinski definition) is 0. The van der Waals surface area contributed by atoms with Crippen LogP contribution in [0.15, 0.2) is 18.2 Å². The zero-order chi connectivity index (χ0) is 21.0. The van der Waals surface area contributed by atoms with E-state index < -0.39 is 0 Å². The van der Waals surface area contributed by atoms with Gasteiger partial charge in [0, 0.05) is 6.42 Å². The number of carbonyl (C=O) groups is 1. The smallest absolute Gasteiger partial charge is 0.365 e. The molecule has 0 aliphatic rings. The van der Waals surface area contributed by atoms with E-state index in [0.717, 1.165) is 18.4 Å². The first-order valence-electron chi connectivity index (χ1n) is 10.7. The number of quaternary nitrogens is 1. The second-order valence-electron chi connectivity index (χ2n) is 8.61. The highest BCUT2D eigenvalue weighted by Gasteiger charge is 2.32. The van der Waals surface area contributed by atoms with Gasteiger partial charge in [-0.1, -0.05) is 87.6 Å². The van der Waals surface area contributed by atoms with Gasteiger partial charge in [0.15, 0.2) is 6.04 Å². The van der Waals surface area contributed by atoms with Crippen molar-refractivity contribution in [3.63, 3.8) is 0 Å². The summed E-state index contributed by atoms with van der Waals surface area (Å²) >= 11 is 12.0. The fraction of sp³-hybridized carbons (Fsp3) is 0.696. The number of hydrogen-bond acceptors (Lipinski definition) is 2. The van der Waals surface area contributed by atoms with Gasteiger partial charge in [-0.2, -0.15) is 0 Å². The molecular formula is C23H38Cl2NO2+. The van der Waals surface area contributed by atoms with Crippen molar-refractivity contribution >= 4 is 29.2 Å². The molecule has 0 radical (unpaired) electrons. The van der Waals surface area contributed by atoms with E-state index in [1.165, 1.54) is 51.4 Å². The number of likely N-dealkylation sites (N-methyl/N-ethyl adjacent to an activating group) is 1. The highest BCUT2D eigenvalue weighted by Crippen LogP contribution is 2.23. The molecule has 0 bridgehead atoms. The average molecular weight is 431 g/mol. The van der Waals surface area contributed by atoms with Gasteiger partial charge in [-0.25, -0.2) is 4.79 Å². The fourth-order valence-corrected chi connectivity index (χ4v) is 3.67. The molecule has 0 heterocycles. The van der Waals surface area contributed by atoms with Crippen LogP contribution >= 0.6 is 23.2 Å². The molecule has 1 atom stereocenters. The maximum Gasteiger partial charge on any atom is 0.365 e. The second kappa shape index (κ2) is 13.5. The van der Waals surface area contributed by atoms with E-state index in [4.69, 9.17) is 27.9 Å². The van der Waals surface area contributed by atoms with Crippen LogP contribution in [0.25, 0.3) is 0 Å². The molecule has 0 fully saturated rings. The summed E-state index contributed by atoms with van der Waals surface area (Å²) in [6.07, 6.45) is 12.4. The molecule has 1 aromatic carbocycles. The Morgan fingerprint density at radius 2 is 1.50 bits per heavy atom. The summed E-state index contributed by atoms with van der Waals surface area (Å²) in [5.41, 5.74) is 0.853. The lowest BCUT2D eigenvalue weighted by atomic mass is 10.0. The van der Waals surface area contributed by atoms with Gasteiger partial charge in [-0.15, -0.1) is 0 Å². The van der Waals surface area contributed by atoms with Crippen LogP contribution in [0, 0.1) is 0 Å². The summed E-state index contributed by atoms with van der Waals surface area (Å²) in [6.45, 7) is 2.48. The van der Waals surface area contributed by atoms with E-state index >= 15 is 0 Å². The number of ether oxygens (including phenoxy) is 1. The summed E-state index contributed by atoms with van der Waals surface area (Å²) in [5.74, 6) is -0.141. The summed E-state index contributed by atoms with van der Waals surface area (Å²) in [7, 11) is 6.16. The van der Waals surface area contributed by atoms with Gasteiger partial charge in [-0.05, 0) is 24.1 Å². The highest BCUT2D eigenvalue weighted by molar-refractivity contribution is 6.42. The van der Waals surface area contributed by atoms with Crippen molar-refractivity contribution in [2.45, 2.75) is 83.8 Å². The molecule has 0 aromatic heterocycles. The van der Waals surface area contributed by atoms with Crippen molar-refractivity contribution in [2.75, 3.05) is 21.1 Å². The minimum atomic E-state index is -0.146. The zero-order valence-electron chi connectivity index (χ0n) is 18.1. The molecule has 0 saturated heterocycles. The van der Waals surface area contributed by atoms with Crippen LogP contribution in [-0.2, 0) is 16.1 Å². The summed E-state index contributed by atoms with van der Waals surface area (Å²) < 4.78 is 6.17. The second-order valence-corrected chi connectivity index (χ2v) is 9.42. The van der Waals surface area contributed by atoms with Crippen LogP contribution < -0.4 is 0 Å². The van der Waals surface area contributed by atoms with Gasteiger partial charge >= 0.3 is 5.97 Å². The third-order valence-electron chi connectivity index (χ3n) is 5.15. The van der Waals surface area contributed by atoms with Gasteiger partial charge in [-0.3, -0.25) is 0 Å². The van der Waals surface area contributed by atoms with Crippen molar-refractivity contribution in [3.8, 4) is 0 Å². The third kappa shape index (κ3) is 10.1. The lowest BCUT2D eigenvalue weighted by Crippen LogP contribution is -2.50. The van der Waals surface area contributed by atoms with E-state index in [1.54, 1.807) is 12.1 Å².